The molecule has 0 saturated carbocycles. The van der Waals surface area contributed by atoms with Crippen LogP contribution in [0.2, 0.25) is 0 Å². The third kappa shape index (κ3) is 4.71. The zero-order valence-corrected chi connectivity index (χ0v) is 14.6. The molecule has 2 aliphatic heterocycles. The van der Waals surface area contributed by atoms with E-state index in [9.17, 15) is 4.79 Å². The molecule has 2 heterocycles. The van der Waals surface area contributed by atoms with Gasteiger partial charge >= 0.3 is 6.09 Å². The molecule has 0 radical (unpaired) electrons. The standard InChI is InChI=1S/C19H29N3O2/c1-2-24-19(23)22-12-9-17(10-13-22)20-18-8-11-21(15-18)14-16-6-4-3-5-7-16/h3-7,17-18,20H,2,8-15H2,1H3. The first-order chi connectivity index (χ1) is 11.7. The molecule has 2 fully saturated rings. The maximum Gasteiger partial charge on any atom is 0.409 e. The van der Waals surface area contributed by atoms with Gasteiger partial charge in [0.15, 0.2) is 0 Å². The number of benzene rings is 1. The monoisotopic (exact) mass is 331 g/mol. The normalized spacial score (nSPS) is 22.7. The Morgan fingerprint density at radius 2 is 1.83 bits per heavy atom. The number of hydrogen-bond donors (Lipinski definition) is 1. The number of rotatable bonds is 5. The van der Waals surface area contributed by atoms with Gasteiger partial charge in [-0.25, -0.2) is 4.79 Å². The van der Waals surface area contributed by atoms with Crippen LogP contribution in [0.1, 0.15) is 31.7 Å². The number of amides is 1. The highest BCUT2D eigenvalue weighted by molar-refractivity contribution is 5.67. The predicted molar refractivity (Wildman–Crippen MR) is 94.9 cm³/mol. The Balaban J connectivity index is 1.38. The van der Waals surface area contributed by atoms with Gasteiger partial charge in [0.25, 0.3) is 0 Å². The predicted octanol–water partition coefficient (Wildman–Crippen LogP) is 2.47. The smallest absolute Gasteiger partial charge is 0.409 e. The van der Waals surface area contributed by atoms with Gasteiger partial charge < -0.3 is 15.0 Å². The van der Waals surface area contributed by atoms with E-state index >= 15 is 0 Å². The molecule has 0 aliphatic carbocycles. The molecule has 24 heavy (non-hydrogen) atoms. The van der Waals surface area contributed by atoms with Crippen molar-refractivity contribution < 1.29 is 9.53 Å². The molecule has 1 aromatic carbocycles. The molecular formula is C19H29N3O2. The van der Waals surface area contributed by atoms with Crippen molar-refractivity contribution in [2.24, 2.45) is 0 Å². The summed E-state index contributed by atoms with van der Waals surface area (Å²) in [4.78, 5) is 16.1. The lowest BCUT2D eigenvalue weighted by Gasteiger charge is -2.33. The second-order valence-electron chi connectivity index (χ2n) is 6.83. The number of hydrogen-bond acceptors (Lipinski definition) is 4. The summed E-state index contributed by atoms with van der Waals surface area (Å²) in [5.74, 6) is 0. The maximum absolute atomic E-state index is 11.7. The zero-order valence-electron chi connectivity index (χ0n) is 14.6. The van der Waals surface area contributed by atoms with Gasteiger partial charge in [-0.3, -0.25) is 4.90 Å². The number of piperidine rings is 1. The Labute approximate surface area is 145 Å². The quantitative estimate of drug-likeness (QED) is 0.900. The fourth-order valence-corrected chi connectivity index (χ4v) is 3.73. The van der Waals surface area contributed by atoms with Gasteiger partial charge in [-0.05, 0) is 31.7 Å². The van der Waals surface area contributed by atoms with E-state index in [1.54, 1.807) is 0 Å². The minimum absolute atomic E-state index is 0.161. The van der Waals surface area contributed by atoms with E-state index < -0.39 is 0 Å². The second-order valence-corrected chi connectivity index (χ2v) is 6.83. The zero-order chi connectivity index (χ0) is 16.8. The van der Waals surface area contributed by atoms with Crippen LogP contribution in [0.15, 0.2) is 30.3 Å². The lowest BCUT2D eigenvalue weighted by molar-refractivity contribution is 0.0942. The first kappa shape index (κ1) is 17.2. The lowest BCUT2D eigenvalue weighted by atomic mass is 10.0. The number of carbonyl (C=O) groups is 1. The SMILES string of the molecule is CCOC(=O)N1CCC(NC2CCN(Cc3ccccc3)C2)CC1. The highest BCUT2D eigenvalue weighted by atomic mass is 16.6. The summed E-state index contributed by atoms with van der Waals surface area (Å²) in [6.45, 7) is 7.24. The van der Waals surface area contributed by atoms with Crippen molar-refractivity contribution in [2.45, 2.75) is 44.8 Å². The number of ether oxygens (including phenoxy) is 1. The molecule has 132 valence electrons. The van der Waals surface area contributed by atoms with Crippen molar-refractivity contribution in [1.82, 2.24) is 15.1 Å². The van der Waals surface area contributed by atoms with E-state index in [2.05, 4.69) is 40.5 Å². The average molecular weight is 331 g/mol. The molecule has 5 heteroatoms. The van der Waals surface area contributed by atoms with Crippen LogP contribution in [0.25, 0.3) is 0 Å². The minimum atomic E-state index is -0.161. The van der Waals surface area contributed by atoms with Gasteiger partial charge in [0.1, 0.15) is 0 Å². The Morgan fingerprint density at radius 3 is 2.54 bits per heavy atom. The molecule has 5 nitrogen and oxygen atoms in total. The largest absolute Gasteiger partial charge is 0.450 e. The van der Waals surface area contributed by atoms with E-state index in [1.165, 1.54) is 12.0 Å². The van der Waals surface area contributed by atoms with Gasteiger partial charge in [0.2, 0.25) is 0 Å². The van der Waals surface area contributed by atoms with Crippen molar-refractivity contribution in [3.63, 3.8) is 0 Å². The third-order valence-corrected chi connectivity index (χ3v) is 5.01. The van der Waals surface area contributed by atoms with Crippen LogP contribution >= 0.6 is 0 Å². The molecule has 2 aliphatic rings. The molecule has 1 atom stereocenters. The van der Waals surface area contributed by atoms with E-state index in [-0.39, 0.29) is 6.09 Å². The highest BCUT2D eigenvalue weighted by Crippen LogP contribution is 2.17. The molecule has 0 aromatic heterocycles. The fourth-order valence-electron chi connectivity index (χ4n) is 3.73. The van der Waals surface area contributed by atoms with Crippen LogP contribution < -0.4 is 5.32 Å². The molecule has 1 amide bonds. The number of carbonyl (C=O) groups excluding carboxylic acids is 1. The Hall–Kier alpha value is -1.59. The van der Waals surface area contributed by atoms with Crippen molar-refractivity contribution in [3.8, 4) is 0 Å². The van der Waals surface area contributed by atoms with E-state index in [1.807, 2.05) is 11.8 Å². The molecule has 0 bridgehead atoms. The third-order valence-electron chi connectivity index (χ3n) is 5.01. The molecule has 3 rings (SSSR count). The van der Waals surface area contributed by atoms with Gasteiger partial charge in [-0.2, -0.15) is 0 Å². The summed E-state index contributed by atoms with van der Waals surface area (Å²) >= 11 is 0. The van der Waals surface area contributed by atoms with E-state index in [0.29, 0.717) is 18.7 Å². The van der Waals surface area contributed by atoms with E-state index in [4.69, 9.17) is 4.74 Å². The van der Waals surface area contributed by atoms with E-state index in [0.717, 1.165) is 45.6 Å². The Bertz CT molecular complexity index is 515. The first-order valence-electron chi connectivity index (χ1n) is 9.18. The number of likely N-dealkylation sites (tertiary alicyclic amines) is 2. The maximum atomic E-state index is 11.7. The summed E-state index contributed by atoms with van der Waals surface area (Å²) in [5.41, 5.74) is 1.39. The fraction of sp³-hybridized carbons (Fsp3) is 0.632. The average Bonchev–Trinajstić information content (AvgIpc) is 3.03. The van der Waals surface area contributed by atoms with Gasteiger partial charge in [-0.15, -0.1) is 0 Å². The van der Waals surface area contributed by atoms with Crippen LogP contribution in [0.5, 0.6) is 0 Å². The van der Waals surface area contributed by atoms with Gasteiger partial charge in [0, 0.05) is 44.8 Å². The summed E-state index contributed by atoms with van der Waals surface area (Å²) in [5, 5.41) is 3.80. The lowest BCUT2D eigenvalue weighted by Crippen LogP contribution is -2.48. The van der Waals surface area contributed by atoms with Crippen LogP contribution in [-0.4, -0.2) is 60.8 Å². The Morgan fingerprint density at radius 1 is 1.12 bits per heavy atom. The molecule has 1 unspecified atom stereocenters. The van der Waals surface area contributed by atoms with Crippen LogP contribution in [-0.2, 0) is 11.3 Å². The van der Waals surface area contributed by atoms with Crippen molar-refractivity contribution in [2.75, 3.05) is 32.8 Å². The number of nitrogens with zero attached hydrogens (tertiary/aromatic N) is 2. The summed E-state index contributed by atoms with van der Waals surface area (Å²) < 4.78 is 5.08. The van der Waals surface area contributed by atoms with Crippen molar-refractivity contribution in [1.29, 1.82) is 0 Å². The molecule has 2 saturated heterocycles. The van der Waals surface area contributed by atoms with Gasteiger partial charge in [-0.1, -0.05) is 30.3 Å². The second kappa shape index (κ2) is 8.49. The Kier molecular flexibility index (Phi) is 6.10. The summed E-state index contributed by atoms with van der Waals surface area (Å²) in [6.07, 6.45) is 3.10. The topological polar surface area (TPSA) is 44.8 Å². The van der Waals surface area contributed by atoms with Gasteiger partial charge in [0.05, 0.1) is 6.61 Å². The summed E-state index contributed by atoms with van der Waals surface area (Å²) in [7, 11) is 0. The van der Waals surface area contributed by atoms with Crippen LogP contribution in [0.3, 0.4) is 0 Å². The minimum Gasteiger partial charge on any atom is -0.450 e. The van der Waals surface area contributed by atoms with Crippen LogP contribution in [0, 0.1) is 0 Å². The van der Waals surface area contributed by atoms with Crippen molar-refractivity contribution >= 4 is 6.09 Å². The molecule has 0 spiro atoms. The molecule has 1 N–H and O–H groups in total. The van der Waals surface area contributed by atoms with Crippen molar-refractivity contribution in [3.05, 3.63) is 35.9 Å². The first-order valence-corrected chi connectivity index (χ1v) is 9.18. The molecule has 1 aromatic rings. The van der Waals surface area contributed by atoms with Crippen LogP contribution in [0.4, 0.5) is 4.79 Å². The summed E-state index contributed by atoms with van der Waals surface area (Å²) in [6, 6.07) is 11.8. The highest BCUT2D eigenvalue weighted by Gasteiger charge is 2.28. The molecular weight excluding hydrogens is 302 g/mol. The number of nitrogens with one attached hydrogen (secondary N) is 1.